The van der Waals surface area contributed by atoms with Crippen molar-refractivity contribution in [2.75, 3.05) is 6.54 Å². The van der Waals surface area contributed by atoms with E-state index in [0.29, 0.717) is 31.4 Å². The molecule has 15 heteroatoms. The lowest BCUT2D eigenvalue weighted by Gasteiger charge is -2.31. The number of urea groups is 1. The Morgan fingerprint density at radius 3 is 2.53 bits per heavy atom. The van der Waals surface area contributed by atoms with Crippen molar-refractivity contribution >= 4 is 50.6 Å². The third-order valence-corrected chi connectivity index (χ3v) is 11.8. The quantitative estimate of drug-likeness (QED) is 0.236. The summed E-state index contributed by atoms with van der Waals surface area (Å²) >= 11 is 0. The number of benzene rings is 1. The molecule has 2 aliphatic heterocycles. The van der Waals surface area contributed by atoms with E-state index in [2.05, 4.69) is 31.0 Å². The molecule has 5 rings (SSSR count). The first-order valence-corrected chi connectivity index (χ1v) is 19.4. The first kappa shape index (κ1) is 37.8. The smallest absolute Gasteiger partial charge is 0.315 e. The van der Waals surface area contributed by atoms with E-state index in [0.717, 1.165) is 23.7 Å². The van der Waals surface area contributed by atoms with Gasteiger partial charge in [-0.25, -0.2) is 13.2 Å². The number of rotatable bonds is 7. The summed E-state index contributed by atoms with van der Waals surface area (Å²) in [5.74, 6) is -2.82. The molecule has 14 nitrogen and oxygen atoms in total. The van der Waals surface area contributed by atoms with Gasteiger partial charge in [0.1, 0.15) is 23.3 Å². The van der Waals surface area contributed by atoms with Gasteiger partial charge in [-0.1, -0.05) is 50.1 Å². The number of allylic oxidation sites excluding steroid dienone is 1. The van der Waals surface area contributed by atoms with E-state index in [9.17, 15) is 32.4 Å². The number of hydrogen-bond acceptors (Lipinski definition) is 7. The fourth-order valence-electron chi connectivity index (χ4n) is 6.76. The second-order valence-corrected chi connectivity index (χ2v) is 17.2. The van der Waals surface area contributed by atoms with Crippen molar-refractivity contribution in [1.29, 1.82) is 0 Å². The van der Waals surface area contributed by atoms with Crippen molar-refractivity contribution in [3.8, 4) is 0 Å². The number of nitrogens with one attached hydrogen (secondary N) is 6. The molecule has 1 unspecified atom stereocenters. The highest BCUT2D eigenvalue weighted by atomic mass is 32.2. The van der Waals surface area contributed by atoms with Gasteiger partial charge in [-0.15, -0.1) is 0 Å². The molecule has 3 aliphatic rings. The predicted molar refractivity (Wildman–Crippen MR) is 193 cm³/mol. The molecule has 0 radical (unpaired) electrons. The summed E-state index contributed by atoms with van der Waals surface area (Å²) in [4.78, 5) is 73.1. The molecule has 1 aromatic carbocycles. The molecule has 6 amide bonds. The number of fused-ring (bicyclic) bond motifs is 3. The SMILES string of the molecule is CCC(C)S(=O)(=O)NC(=O)[C@@]12C[C@H]1/C=C\CCCCC[C@H](NC(=O)NC(C)(C)C)C(=O)N1C[C@H](NC(=O)c3cc4ccccc4[nH]3)C[C@H]1C(=O)N2. The maximum Gasteiger partial charge on any atom is 0.315 e. The van der Waals surface area contributed by atoms with Crippen LogP contribution in [0, 0.1) is 5.92 Å². The molecule has 2 fully saturated rings. The van der Waals surface area contributed by atoms with Crippen LogP contribution in [0.15, 0.2) is 42.5 Å². The molecule has 2 aromatic rings. The van der Waals surface area contributed by atoms with Crippen molar-refractivity contribution in [2.45, 2.75) is 120 Å². The summed E-state index contributed by atoms with van der Waals surface area (Å²) in [5, 5.41) is 11.5. The van der Waals surface area contributed by atoms with Crippen LogP contribution >= 0.6 is 0 Å². The molecule has 1 saturated carbocycles. The number of hydrogen-bond donors (Lipinski definition) is 6. The van der Waals surface area contributed by atoms with Gasteiger partial charge in [0, 0.05) is 34.9 Å². The van der Waals surface area contributed by atoms with Gasteiger partial charge in [0.15, 0.2) is 0 Å². The number of aromatic amines is 1. The minimum atomic E-state index is -4.01. The number of sulfonamides is 1. The monoisotopic (exact) mass is 725 g/mol. The summed E-state index contributed by atoms with van der Waals surface area (Å²) in [6, 6.07) is 5.93. The van der Waals surface area contributed by atoms with E-state index in [1.807, 2.05) is 57.2 Å². The van der Waals surface area contributed by atoms with E-state index in [1.54, 1.807) is 13.0 Å². The normalized spacial score (nSPS) is 27.1. The van der Waals surface area contributed by atoms with Crippen molar-refractivity contribution < 1.29 is 32.4 Å². The predicted octanol–water partition coefficient (Wildman–Crippen LogP) is 2.97. The van der Waals surface area contributed by atoms with Gasteiger partial charge in [0.05, 0.1) is 5.25 Å². The molecule has 1 saturated heterocycles. The minimum absolute atomic E-state index is 0.0210. The molecule has 51 heavy (non-hydrogen) atoms. The van der Waals surface area contributed by atoms with Gasteiger partial charge < -0.3 is 31.2 Å². The first-order chi connectivity index (χ1) is 24.0. The van der Waals surface area contributed by atoms with Crippen molar-refractivity contribution in [3.05, 3.63) is 48.2 Å². The Hall–Kier alpha value is -4.40. The number of H-pyrrole nitrogens is 1. The molecule has 1 aliphatic carbocycles. The van der Waals surface area contributed by atoms with Gasteiger partial charge in [0.2, 0.25) is 21.8 Å². The van der Waals surface area contributed by atoms with Crippen LogP contribution in [0.2, 0.25) is 0 Å². The van der Waals surface area contributed by atoms with E-state index in [-0.39, 0.29) is 19.4 Å². The van der Waals surface area contributed by atoms with Crippen LogP contribution in [0.4, 0.5) is 4.79 Å². The lowest BCUT2D eigenvalue weighted by atomic mass is 10.0. The summed E-state index contributed by atoms with van der Waals surface area (Å²) in [5.41, 5.74) is -0.990. The minimum Gasteiger partial charge on any atom is -0.351 e. The van der Waals surface area contributed by atoms with Crippen LogP contribution in [0.5, 0.6) is 0 Å². The Bertz CT molecular complexity index is 1770. The number of nitrogens with zero attached hydrogens (tertiary/aromatic N) is 1. The van der Waals surface area contributed by atoms with Gasteiger partial charge >= 0.3 is 6.03 Å². The van der Waals surface area contributed by atoms with Crippen LogP contribution in [0.3, 0.4) is 0 Å². The highest BCUT2D eigenvalue weighted by Gasteiger charge is 2.61. The third kappa shape index (κ3) is 8.92. The Kier molecular flexibility index (Phi) is 11.2. The molecule has 0 spiro atoms. The Morgan fingerprint density at radius 2 is 1.82 bits per heavy atom. The second kappa shape index (κ2) is 15.1. The zero-order valence-electron chi connectivity index (χ0n) is 30.0. The molecular formula is C36H51N7O7S. The summed E-state index contributed by atoms with van der Waals surface area (Å²) in [6.45, 7) is 8.66. The number of amides is 6. The topological polar surface area (TPSA) is 199 Å². The number of aromatic nitrogens is 1. The number of carbonyl (C=O) groups is 5. The maximum absolute atomic E-state index is 14.3. The van der Waals surface area contributed by atoms with E-state index in [4.69, 9.17) is 0 Å². The lowest BCUT2D eigenvalue weighted by Crippen LogP contribution is -2.59. The van der Waals surface area contributed by atoms with Gasteiger partial charge in [0.25, 0.3) is 11.8 Å². The summed E-state index contributed by atoms with van der Waals surface area (Å²) in [6.07, 6.45) is 7.51. The maximum atomic E-state index is 14.3. The van der Waals surface area contributed by atoms with E-state index >= 15 is 0 Å². The molecule has 278 valence electrons. The largest absolute Gasteiger partial charge is 0.351 e. The molecule has 6 N–H and O–H groups in total. The highest BCUT2D eigenvalue weighted by Crippen LogP contribution is 2.45. The zero-order chi connectivity index (χ0) is 37.1. The molecule has 6 atom stereocenters. The van der Waals surface area contributed by atoms with Crippen molar-refractivity contribution in [1.82, 2.24) is 35.9 Å². The van der Waals surface area contributed by atoms with Crippen LogP contribution in [-0.2, 0) is 24.4 Å². The van der Waals surface area contributed by atoms with Crippen LogP contribution in [-0.4, -0.2) is 89.0 Å². The standard InChI is InChI=1S/C36H51N7O7S/c1-6-22(2)51(49,50)42-33(47)36-20-24(36)15-10-8-7-9-11-17-27(39-34(48)41-35(3,4)5)32(46)43-21-25(19-29(43)31(45)40-36)37-30(44)28-18-23-14-12-13-16-26(23)38-28/h10,12-16,18,22,24-25,27,29,38H,6-9,11,17,19-21H2,1-5H3,(H,37,44)(H,40,45)(H,42,47)(H2,39,41,48)/b15-10-/t22?,24-,25-,27+,29+,36-/m1/s1. The molecule has 1 aromatic heterocycles. The Labute approximate surface area is 299 Å². The van der Waals surface area contributed by atoms with Gasteiger partial charge in [-0.05, 0) is 78.4 Å². The van der Waals surface area contributed by atoms with Crippen LogP contribution < -0.4 is 26.0 Å². The average Bonchev–Trinajstić information content (AvgIpc) is 3.36. The fraction of sp³-hybridized carbons (Fsp3) is 0.583. The molecular weight excluding hydrogens is 675 g/mol. The third-order valence-electron chi connectivity index (χ3n) is 9.93. The zero-order valence-corrected chi connectivity index (χ0v) is 30.8. The summed E-state index contributed by atoms with van der Waals surface area (Å²) in [7, 11) is -4.01. The number of carbonyl (C=O) groups excluding carboxylic acids is 5. The lowest BCUT2D eigenvalue weighted by molar-refractivity contribution is -0.141. The second-order valence-electron chi connectivity index (χ2n) is 15.1. The molecule has 3 heterocycles. The van der Waals surface area contributed by atoms with Gasteiger partial charge in [-0.3, -0.25) is 23.9 Å². The van der Waals surface area contributed by atoms with E-state index in [1.165, 1.54) is 11.8 Å². The van der Waals surface area contributed by atoms with Gasteiger partial charge in [-0.2, -0.15) is 0 Å². The van der Waals surface area contributed by atoms with E-state index < -0.39 is 80.1 Å². The van der Waals surface area contributed by atoms with Crippen LogP contribution in [0.1, 0.15) is 96.5 Å². The first-order valence-electron chi connectivity index (χ1n) is 17.9. The Morgan fingerprint density at radius 1 is 1.08 bits per heavy atom. The molecule has 0 bridgehead atoms. The number of para-hydroxylation sites is 1. The average molecular weight is 726 g/mol. The van der Waals surface area contributed by atoms with Crippen molar-refractivity contribution in [2.24, 2.45) is 5.92 Å². The highest BCUT2D eigenvalue weighted by molar-refractivity contribution is 7.90. The summed E-state index contributed by atoms with van der Waals surface area (Å²) < 4.78 is 28.0. The Balaban J connectivity index is 1.44. The fourth-order valence-corrected chi connectivity index (χ4v) is 7.84. The van der Waals surface area contributed by atoms with Crippen molar-refractivity contribution in [3.63, 3.8) is 0 Å². The van der Waals surface area contributed by atoms with Crippen LogP contribution in [0.25, 0.3) is 10.9 Å².